The lowest BCUT2D eigenvalue weighted by Gasteiger charge is -2.16. The summed E-state index contributed by atoms with van der Waals surface area (Å²) in [5.41, 5.74) is 1.03. The minimum atomic E-state index is 0.337. The summed E-state index contributed by atoms with van der Waals surface area (Å²) >= 11 is 12.4. The van der Waals surface area contributed by atoms with Crippen molar-refractivity contribution in [1.29, 1.82) is 0 Å². The lowest BCUT2D eigenvalue weighted by molar-refractivity contribution is 0.0902. The van der Waals surface area contributed by atoms with Crippen LogP contribution >= 0.6 is 23.2 Å². The summed E-state index contributed by atoms with van der Waals surface area (Å²) in [7, 11) is 0. The van der Waals surface area contributed by atoms with E-state index in [4.69, 9.17) is 32.7 Å². The first kappa shape index (κ1) is 15.4. The second-order valence-corrected chi connectivity index (χ2v) is 6.65. The minimum Gasteiger partial charge on any atom is -0.492 e. The Morgan fingerprint density at radius 1 is 1.24 bits per heavy atom. The van der Waals surface area contributed by atoms with Crippen LogP contribution in [0.2, 0.25) is 10.0 Å². The number of halogens is 2. The van der Waals surface area contributed by atoms with Gasteiger partial charge in [0.2, 0.25) is 0 Å². The second kappa shape index (κ2) is 7.19. The fraction of sp³-hybridized carbons (Fsp3) is 0.625. The van der Waals surface area contributed by atoms with Gasteiger partial charge in [0.15, 0.2) is 0 Å². The van der Waals surface area contributed by atoms with E-state index in [1.807, 2.05) is 6.07 Å². The molecule has 5 heteroatoms. The standard InChI is InChI=1S/C16H21Cl2NO2/c17-12-8-11(10-19-13-3-4-13)16(15(18)9-12)21-7-5-14-2-1-6-20-14/h8-9,13-14,19H,1-7,10H2. The predicted octanol–water partition coefficient (Wildman–Crippen LogP) is 4.19. The molecule has 1 aliphatic heterocycles. The van der Waals surface area contributed by atoms with Crippen LogP contribution < -0.4 is 10.1 Å². The summed E-state index contributed by atoms with van der Waals surface area (Å²) in [5, 5.41) is 4.71. The minimum absolute atomic E-state index is 0.337. The van der Waals surface area contributed by atoms with E-state index in [1.54, 1.807) is 6.07 Å². The lowest BCUT2D eigenvalue weighted by atomic mass is 10.2. The molecule has 1 atom stereocenters. The average molecular weight is 330 g/mol. The zero-order valence-electron chi connectivity index (χ0n) is 12.0. The molecule has 2 fully saturated rings. The Morgan fingerprint density at radius 2 is 2.10 bits per heavy atom. The van der Waals surface area contributed by atoms with Crippen LogP contribution in [0, 0.1) is 0 Å². The monoisotopic (exact) mass is 329 g/mol. The Labute approximate surface area is 135 Å². The van der Waals surface area contributed by atoms with Gasteiger partial charge in [-0.05, 0) is 37.8 Å². The largest absolute Gasteiger partial charge is 0.492 e. The van der Waals surface area contributed by atoms with Gasteiger partial charge in [-0.25, -0.2) is 0 Å². The van der Waals surface area contributed by atoms with Crippen molar-refractivity contribution in [2.24, 2.45) is 0 Å². The number of hydrogen-bond acceptors (Lipinski definition) is 3. The van der Waals surface area contributed by atoms with Crippen LogP contribution in [-0.4, -0.2) is 25.4 Å². The van der Waals surface area contributed by atoms with E-state index in [1.165, 1.54) is 12.8 Å². The molecular weight excluding hydrogens is 309 g/mol. The molecule has 1 saturated carbocycles. The molecule has 0 radical (unpaired) electrons. The molecule has 116 valence electrons. The summed E-state index contributed by atoms with van der Waals surface area (Å²) in [6.07, 6.45) is 6.04. The fourth-order valence-corrected chi connectivity index (χ4v) is 3.20. The van der Waals surface area contributed by atoms with Gasteiger partial charge in [-0.1, -0.05) is 23.2 Å². The summed E-state index contributed by atoms with van der Waals surface area (Å²) in [6, 6.07) is 4.32. The number of benzene rings is 1. The highest BCUT2D eigenvalue weighted by molar-refractivity contribution is 6.35. The fourth-order valence-electron chi connectivity index (χ4n) is 2.61. The molecule has 1 aromatic carbocycles. The van der Waals surface area contributed by atoms with Gasteiger partial charge < -0.3 is 14.8 Å². The first-order valence-corrected chi connectivity index (χ1v) is 8.43. The molecule has 1 heterocycles. The highest BCUT2D eigenvalue weighted by Crippen LogP contribution is 2.33. The molecule has 1 aliphatic carbocycles. The van der Waals surface area contributed by atoms with Crippen LogP contribution in [0.25, 0.3) is 0 Å². The van der Waals surface area contributed by atoms with E-state index < -0.39 is 0 Å². The molecule has 1 N–H and O–H groups in total. The van der Waals surface area contributed by atoms with Crippen molar-refractivity contribution in [2.75, 3.05) is 13.2 Å². The maximum Gasteiger partial charge on any atom is 0.142 e. The number of ether oxygens (including phenoxy) is 2. The van der Waals surface area contributed by atoms with E-state index in [0.29, 0.717) is 28.8 Å². The van der Waals surface area contributed by atoms with E-state index in [0.717, 1.165) is 43.7 Å². The SMILES string of the molecule is Clc1cc(Cl)c(OCCC2CCCO2)c(CNC2CC2)c1. The average Bonchev–Trinajstić information content (AvgIpc) is 3.14. The first-order valence-electron chi connectivity index (χ1n) is 7.68. The molecule has 2 aliphatic rings. The van der Waals surface area contributed by atoms with Gasteiger partial charge in [0, 0.05) is 36.2 Å². The Hall–Kier alpha value is -0.480. The molecular formula is C16H21Cl2NO2. The summed E-state index contributed by atoms with van der Waals surface area (Å²) < 4.78 is 11.5. The molecule has 0 spiro atoms. The maximum atomic E-state index is 6.29. The Kier molecular flexibility index (Phi) is 5.28. The number of hydrogen-bond donors (Lipinski definition) is 1. The van der Waals surface area contributed by atoms with Crippen LogP contribution in [0.5, 0.6) is 5.75 Å². The Balaban J connectivity index is 1.60. The molecule has 21 heavy (non-hydrogen) atoms. The zero-order valence-corrected chi connectivity index (χ0v) is 13.6. The maximum absolute atomic E-state index is 6.29. The molecule has 0 amide bonds. The van der Waals surface area contributed by atoms with Gasteiger partial charge in [0.1, 0.15) is 5.75 Å². The van der Waals surface area contributed by atoms with Crippen molar-refractivity contribution in [3.05, 3.63) is 27.7 Å². The van der Waals surface area contributed by atoms with Crippen molar-refractivity contribution in [3.63, 3.8) is 0 Å². The van der Waals surface area contributed by atoms with E-state index in [9.17, 15) is 0 Å². The van der Waals surface area contributed by atoms with Crippen LogP contribution in [-0.2, 0) is 11.3 Å². The van der Waals surface area contributed by atoms with Crippen molar-refractivity contribution < 1.29 is 9.47 Å². The lowest BCUT2D eigenvalue weighted by Crippen LogP contribution is -2.17. The molecule has 3 nitrogen and oxygen atoms in total. The van der Waals surface area contributed by atoms with Gasteiger partial charge >= 0.3 is 0 Å². The van der Waals surface area contributed by atoms with Crippen LogP contribution in [0.3, 0.4) is 0 Å². The summed E-state index contributed by atoms with van der Waals surface area (Å²) in [6.45, 7) is 2.26. The molecule has 1 aromatic rings. The molecule has 1 saturated heterocycles. The first-order chi connectivity index (χ1) is 10.2. The Bertz CT molecular complexity index is 485. The van der Waals surface area contributed by atoms with Crippen LogP contribution in [0.15, 0.2) is 12.1 Å². The van der Waals surface area contributed by atoms with Crippen molar-refractivity contribution in [3.8, 4) is 5.75 Å². The second-order valence-electron chi connectivity index (χ2n) is 5.80. The molecule has 0 aromatic heterocycles. The van der Waals surface area contributed by atoms with E-state index in [-0.39, 0.29) is 0 Å². The van der Waals surface area contributed by atoms with Crippen molar-refractivity contribution >= 4 is 23.2 Å². The summed E-state index contributed by atoms with van der Waals surface area (Å²) in [5.74, 6) is 0.757. The van der Waals surface area contributed by atoms with Crippen LogP contribution in [0.4, 0.5) is 0 Å². The van der Waals surface area contributed by atoms with Crippen molar-refractivity contribution in [2.45, 2.75) is 50.8 Å². The van der Waals surface area contributed by atoms with E-state index >= 15 is 0 Å². The number of rotatable bonds is 7. The topological polar surface area (TPSA) is 30.5 Å². The van der Waals surface area contributed by atoms with Gasteiger partial charge in [0.05, 0.1) is 17.7 Å². The molecule has 1 unspecified atom stereocenters. The number of nitrogens with one attached hydrogen (secondary N) is 1. The predicted molar refractivity (Wildman–Crippen MR) is 85.4 cm³/mol. The Morgan fingerprint density at radius 3 is 2.81 bits per heavy atom. The quantitative estimate of drug-likeness (QED) is 0.813. The van der Waals surface area contributed by atoms with Crippen molar-refractivity contribution in [1.82, 2.24) is 5.32 Å². The third-order valence-corrected chi connectivity index (χ3v) is 4.45. The molecule has 3 rings (SSSR count). The van der Waals surface area contributed by atoms with E-state index in [2.05, 4.69) is 5.32 Å². The van der Waals surface area contributed by atoms with Gasteiger partial charge in [-0.2, -0.15) is 0 Å². The third kappa shape index (κ3) is 4.49. The van der Waals surface area contributed by atoms with Gasteiger partial charge in [-0.15, -0.1) is 0 Å². The van der Waals surface area contributed by atoms with Gasteiger partial charge in [0.25, 0.3) is 0 Å². The van der Waals surface area contributed by atoms with Gasteiger partial charge in [-0.3, -0.25) is 0 Å². The molecule has 0 bridgehead atoms. The van der Waals surface area contributed by atoms with Crippen LogP contribution in [0.1, 0.15) is 37.7 Å². The highest BCUT2D eigenvalue weighted by Gasteiger charge is 2.22. The third-order valence-electron chi connectivity index (χ3n) is 3.95. The zero-order chi connectivity index (χ0) is 14.7. The highest BCUT2D eigenvalue weighted by atomic mass is 35.5. The summed E-state index contributed by atoms with van der Waals surface area (Å²) in [4.78, 5) is 0. The normalized spacial score (nSPS) is 21.7. The smallest absolute Gasteiger partial charge is 0.142 e.